The van der Waals surface area contributed by atoms with Gasteiger partial charge in [0.15, 0.2) is 0 Å². The van der Waals surface area contributed by atoms with E-state index in [9.17, 15) is 19.2 Å². The Kier molecular flexibility index (Phi) is 5.80. The molecule has 0 unspecified atom stereocenters. The Balaban J connectivity index is 1.70. The first-order valence-electron chi connectivity index (χ1n) is 8.64. The van der Waals surface area contributed by atoms with Crippen LogP contribution in [0, 0.1) is 0 Å². The second-order valence-electron chi connectivity index (χ2n) is 6.17. The van der Waals surface area contributed by atoms with Crippen LogP contribution in [0.4, 0.5) is 11.4 Å². The van der Waals surface area contributed by atoms with Gasteiger partial charge in [0, 0.05) is 33.6 Å². The molecule has 29 heavy (non-hydrogen) atoms. The van der Waals surface area contributed by atoms with Crippen LogP contribution in [0.3, 0.4) is 0 Å². The summed E-state index contributed by atoms with van der Waals surface area (Å²) in [5, 5.41) is 5.41. The zero-order chi connectivity index (χ0) is 20.8. The smallest absolute Gasteiger partial charge is 0.255 e. The van der Waals surface area contributed by atoms with Crippen molar-refractivity contribution in [3.05, 3.63) is 95.1 Å². The summed E-state index contributed by atoms with van der Waals surface area (Å²) >= 11 is 0. The highest BCUT2D eigenvalue weighted by Crippen LogP contribution is 2.14. The number of primary amides is 1. The summed E-state index contributed by atoms with van der Waals surface area (Å²) in [4.78, 5) is 46.7. The van der Waals surface area contributed by atoms with Crippen molar-refractivity contribution in [2.24, 2.45) is 5.73 Å². The number of carbonyl (C=O) groups is 4. The summed E-state index contributed by atoms with van der Waals surface area (Å²) in [6.45, 7) is 0. The third kappa shape index (κ3) is 4.92. The number of benzene rings is 3. The largest absolute Gasteiger partial charge is 0.366 e. The van der Waals surface area contributed by atoms with Gasteiger partial charge in [-0.2, -0.15) is 0 Å². The normalized spacial score (nSPS) is 10.1. The molecule has 3 aromatic rings. The molecule has 4 N–H and O–H groups in total. The fraction of sp³-hybridized carbons (Fsp3) is 0. The topological polar surface area (TPSA) is 118 Å². The third-order valence-electron chi connectivity index (χ3n) is 4.12. The van der Waals surface area contributed by atoms with Crippen LogP contribution < -0.4 is 16.4 Å². The minimum Gasteiger partial charge on any atom is -0.366 e. The van der Waals surface area contributed by atoms with Crippen LogP contribution in [0.5, 0.6) is 0 Å². The van der Waals surface area contributed by atoms with E-state index >= 15 is 0 Å². The van der Waals surface area contributed by atoms with Crippen molar-refractivity contribution in [3.63, 3.8) is 0 Å². The van der Waals surface area contributed by atoms with Crippen LogP contribution in [0.2, 0.25) is 0 Å². The SMILES string of the molecule is NC(=O)c1ccc(NC(=O)c2cccc(C(=O)Nc3ccc(C=O)cc3)c2)cc1. The molecule has 0 saturated carbocycles. The van der Waals surface area contributed by atoms with E-state index in [2.05, 4.69) is 10.6 Å². The summed E-state index contributed by atoms with van der Waals surface area (Å²) in [6.07, 6.45) is 0.717. The fourth-order valence-electron chi connectivity index (χ4n) is 2.57. The Morgan fingerprint density at radius 2 is 1.17 bits per heavy atom. The van der Waals surface area contributed by atoms with E-state index < -0.39 is 11.8 Å². The quantitative estimate of drug-likeness (QED) is 0.563. The average molecular weight is 387 g/mol. The number of rotatable bonds is 6. The van der Waals surface area contributed by atoms with Crippen molar-refractivity contribution in [2.75, 3.05) is 10.6 Å². The number of hydrogen-bond donors (Lipinski definition) is 3. The maximum absolute atomic E-state index is 12.5. The van der Waals surface area contributed by atoms with Gasteiger partial charge in [-0.1, -0.05) is 6.07 Å². The molecule has 144 valence electrons. The van der Waals surface area contributed by atoms with Gasteiger partial charge in [-0.3, -0.25) is 19.2 Å². The van der Waals surface area contributed by atoms with Gasteiger partial charge in [-0.05, 0) is 66.7 Å². The van der Waals surface area contributed by atoms with Gasteiger partial charge in [0.25, 0.3) is 11.8 Å². The third-order valence-corrected chi connectivity index (χ3v) is 4.12. The number of aldehydes is 1. The summed E-state index contributed by atoms with van der Waals surface area (Å²) < 4.78 is 0. The van der Waals surface area contributed by atoms with E-state index in [1.54, 1.807) is 54.6 Å². The highest BCUT2D eigenvalue weighted by Gasteiger charge is 2.11. The van der Waals surface area contributed by atoms with E-state index in [4.69, 9.17) is 5.73 Å². The van der Waals surface area contributed by atoms with Crippen molar-refractivity contribution in [3.8, 4) is 0 Å². The molecular formula is C22H17N3O4. The molecule has 0 radical (unpaired) electrons. The number of hydrogen-bond acceptors (Lipinski definition) is 4. The van der Waals surface area contributed by atoms with Crippen molar-refractivity contribution in [1.29, 1.82) is 0 Å². The van der Waals surface area contributed by atoms with Gasteiger partial charge in [0.1, 0.15) is 6.29 Å². The second kappa shape index (κ2) is 8.62. The maximum atomic E-state index is 12.5. The zero-order valence-electron chi connectivity index (χ0n) is 15.2. The molecule has 7 nitrogen and oxygen atoms in total. The molecule has 0 aliphatic rings. The molecule has 0 bridgehead atoms. The van der Waals surface area contributed by atoms with Crippen molar-refractivity contribution >= 4 is 35.4 Å². The number of anilines is 2. The molecule has 0 heterocycles. The number of nitrogens with one attached hydrogen (secondary N) is 2. The first-order valence-corrected chi connectivity index (χ1v) is 8.64. The molecule has 0 aromatic heterocycles. The van der Waals surface area contributed by atoms with Gasteiger partial charge in [0.2, 0.25) is 5.91 Å². The van der Waals surface area contributed by atoms with Crippen LogP contribution in [-0.4, -0.2) is 24.0 Å². The van der Waals surface area contributed by atoms with E-state index in [-0.39, 0.29) is 5.91 Å². The van der Waals surface area contributed by atoms with Crippen LogP contribution >= 0.6 is 0 Å². The lowest BCUT2D eigenvalue weighted by Crippen LogP contribution is -2.16. The standard InChI is InChI=1S/C22H17N3O4/c23-20(27)15-6-10-19(11-7-15)25-22(29)17-3-1-2-16(12-17)21(28)24-18-8-4-14(13-26)5-9-18/h1-13H,(H2,23,27)(H,24,28)(H,25,29). The lowest BCUT2D eigenvalue weighted by molar-refractivity contribution is 0.0996. The van der Waals surface area contributed by atoms with Crippen LogP contribution in [0.1, 0.15) is 41.4 Å². The minimum atomic E-state index is -0.553. The molecule has 3 aromatic carbocycles. The molecule has 0 aliphatic carbocycles. The Morgan fingerprint density at radius 3 is 1.62 bits per heavy atom. The first kappa shape index (κ1) is 19.5. The van der Waals surface area contributed by atoms with E-state index in [0.29, 0.717) is 33.6 Å². The molecule has 0 atom stereocenters. The molecule has 3 amide bonds. The van der Waals surface area contributed by atoms with Gasteiger partial charge in [-0.15, -0.1) is 0 Å². The Bertz CT molecular complexity index is 1070. The molecule has 7 heteroatoms. The summed E-state index contributed by atoms with van der Waals surface area (Å²) in [7, 11) is 0. The van der Waals surface area contributed by atoms with Gasteiger partial charge in [-0.25, -0.2) is 0 Å². The van der Waals surface area contributed by atoms with Crippen LogP contribution in [-0.2, 0) is 0 Å². The van der Waals surface area contributed by atoms with Gasteiger partial charge in [0.05, 0.1) is 0 Å². The molecule has 0 fully saturated rings. The molecular weight excluding hydrogens is 370 g/mol. The molecule has 3 rings (SSSR count). The van der Waals surface area contributed by atoms with Crippen LogP contribution in [0.15, 0.2) is 72.8 Å². The molecule has 0 spiro atoms. The minimum absolute atomic E-state index is 0.299. The Labute approximate surface area is 166 Å². The highest BCUT2D eigenvalue weighted by atomic mass is 16.2. The van der Waals surface area contributed by atoms with Crippen molar-refractivity contribution in [1.82, 2.24) is 0 Å². The number of carbonyl (C=O) groups excluding carboxylic acids is 4. The highest BCUT2D eigenvalue weighted by molar-refractivity contribution is 6.09. The second-order valence-corrected chi connectivity index (χ2v) is 6.17. The van der Waals surface area contributed by atoms with E-state index in [1.807, 2.05) is 0 Å². The summed E-state index contributed by atoms with van der Waals surface area (Å²) in [5.74, 6) is -1.34. The Morgan fingerprint density at radius 1 is 0.690 bits per heavy atom. The number of nitrogens with two attached hydrogens (primary N) is 1. The lowest BCUT2D eigenvalue weighted by Gasteiger charge is -2.08. The van der Waals surface area contributed by atoms with Crippen molar-refractivity contribution < 1.29 is 19.2 Å². The van der Waals surface area contributed by atoms with Gasteiger partial charge < -0.3 is 16.4 Å². The monoisotopic (exact) mass is 387 g/mol. The van der Waals surface area contributed by atoms with Crippen molar-refractivity contribution in [2.45, 2.75) is 0 Å². The summed E-state index contributed by atoms with van der Waals surface area (Å²) in [5.41, 5.74) is 7.66. The molecule has 0 saturated heterocycles. The fourth-order valence-corrected chi connectivity index (χ4v) is 2.57. The van der Waals surface area contributed by atoms with Crippen LogP contribution in [0.25, 0.3) is 0 Å². The summed E-state index contributed by atoms with van der Waals surface area (Å²) in [6, 6.07) is 18.8. The zero-order valence-corrected chi connectivity index (χ0v) is 15.2. The number of amides is 3. The maximum Gasteiger partial charge on any atom is 0.255 e. The van der Waals surface area contributed by atoms with E-state index in [0.717, 1.165) is 6.29 Å². The predicted octanol–water partition coefficient (Wildman–Crippen LogP) is 3.10. The average Bonchev–Trinajstić information content (AvgIpc) is 2.74. The first-order chi connectivity index (χ1) is 14.0. The predicted molar refractivity (Wildman–Crippen MR) is 109 cm³/mol. The molecule has 0 aliphatic heterocycles. The van der Waals surface area contributed by atoms with Gasteiger partial charge >= 0.3 is 0 Å². The van der Waals surface area contributed by atoms with E-state index in [1.165, 1.54) is 18.2 Å². The lowest BCUT2D eigenvalue weighted by atomic mass is 10.1. The Hall–Kier alpha value is -4.26.